The molecule has 376 valence electrons. The molecular formula is C52H86N2O10S2. The first kappa shape index (κ1) is 50.8. The minimum atomic E-state index is -4.11. The molecule has 14 heteroatoms. The fourth-order valence-electron chi connectivity index (χ4n) is 18.6. The van der Waals surface area contributed by atoms with Crippen molar-refractivity contribution in [1.29, 1.82) is 0 Å². The molecule has 8 aliphatic rings. The molecule has 12 nitrogen and oxygen atoms in total. The van der Waals surface area contributed by atoms with Crippen molar-refractivity contribution in [1.82, 2.24) is 10.6 Å². The summed E-state index contributed by atoms with van der Waals surface area (Å²) in [5.41, 5.74) is 4.07. The third kappa shape index (κ3) is 9.62. The van der Waals surface area contributed by atoms with Gasteiger partial charge in [0.1, 0.15) is 0 Å². The number of carbonyl (C=O) groups is 2. The molecule has 0 spiro atoms. The van der Waals surface area contributed by atoms with E-state index in [9.17, 15) is 36.6 Å². The summed E-state index contributed by atoms with van der Waals surface area (Å²) in [4.78, 5) is 25.1. The van der Waals surface area contributed by atoms with Crippen molar-refractivity contribution in [3.05, 3.63) is 11.1 Å². The van der Waals surface area contributed by atoms with Gasteiger partial charge in [0.15, 0.2) is 0 Å². The molecule has 2 amide bonds. The highest BCUT2D eigenvalue weighted by Gasteiger charge is 2.65. The maximum atomic E-state index is 12.6. The van der Waals surface area contributed by atoms with Crippen LogP contribution in [0.3, 0.4) is 0 Å². The molecule has 8 rings (SSSR count). The smallest absolute Gasteiger partial charge is 0.266 e. The van der Waals surface area contributed by atoms with Gasteiger partial charge < -0.3 is 20.8 Å². The molecule has 4 unspecified atom stereocenters. The Balaban J connectivity index is 0.870. The summed E-state index contributed by atoms with van der Waals surface area (Å²) in [6.07, 6.45) is 19.6. The average molecular weight is 963 g/mol. The third-order valence-electron chi connectivity index (χ3n) is 22.1. The molecule has 0 aromatic carbocycles. The van der Waals surface area contributed by atoms with Gasteiger partial charge in [0, 0.05) is 25.9 Å². The van der Waals surface area contributed by atoms with E-state index in [0.29, 0.717) is 83.9 Å². The second-order valence-corrected chi connectivity index (χ2v) is 28.1. The molecule has 8 aliphatic carbocycles. The number of amides is 2. The van der Waals surface area contributed by atoms with Gasteiger partial charge in [0.2, 0.25) is 11.8 Å². The number of aliphatic hydroxyl groups is 2. The minimum absolute atomic E-state index is 0.0779. The van der Waals surface area contributed by atoms with E-state index < -0.39 is 31.7 Å². The number of hydrogen-bond acceptors (Lipinski definition) is 8. The lowest BCUT2D eigenvalue weighted by molar-refractivity contribution is -0.162. The molecule has 8 saturated carbocycles. The van der Waals surface area contributed by atoms with Crippen molar-refractivity contribution < 1.29 is 45.7 Å². The van der Waals surface area contributed by atoms with Crippen LogP contribution < -0.4 is 10.6 Å². The van der Waals surface area contributed by atoms with E-state index in [1.807, 2.05) is 0 Å². The molecule has 0 aliphatic heterocycles. The van der Waals surface area contributed by atoms with Gasteiger partial charge in [-0.2, -0.15) is 16.8 Å². The maximum absolute atomic E-state index is 12.6. The lowest BCUT2D eigenvalue weighted by Gasteiger charge is -2.63. The van der Waals surface area contributed by atoms with Crippen molar-refractivity contribution in [3.63, 3.8) is 0 Å². The van der Waals surface area contributed by atoms with Gasteiger partial charge >= 0.3 is 0 Å². The van der Waals surface area contributed by atoms with Gasteiger partial charge in [-0.25, -0.2) is 0 Å². The standard InChI is InChI=1S/C52H86N2O10S2/c1-31(7-13-45(57)53-23-25-65(59,60)61)37-9-11-39-47-41(17-21-51(37,39)5)49(3)19-15-33(27-35(49)29-43(47)55)34-16-20-50(4)36(28-34)30-44(56)48-40-12-10-38(52(40,6)22-18-42(48)50)32(2)8-14-46(58)54-24-26-66(62,63)64/h31-32,35-44,47-48,55-56H,7-30H2,1-6H3,(H,53,57)(H,54,58)(H,59,60,61)(H,62,63,64)/b34-33+/t31-,32-,35?,36?,37-,38-,39+,40+,41+,42+,43+,44+,47?,48?,49+,50+,51-,52-/m1/s1. The Kier molecular flexibility index (Phi) is 14.5. The van der Waals surface area contributed by atoms with Crippen LogP contribution in [0.1, 0.15) is 170 Å². The fourth-order valence-corrected chi connectivity index (χ4v) is 19.3. The molecule has 0 aromatic heterocycles. The second-order valence-electron chi connectivity index (χ2n) is 25.0. The van der Waals surface area contributed by atoms with Crippen molar-refractivity contribution in [2.45, 2.75) is 182 Å². The molecule has 8 fully saturated rings. The Labute approximate surface area is 397 Å². The topological polar surface area (TPSA) is 207 Å². The number of rotatable bonds is 14. The van der Waals surface area contributed by atoms with Crippen LogP contribution in [-0.4, -0.2) is 84.8 Å². The highest BCUT2D eigenvalue weighted by atomic mass is 32.2. The SMILES string of the molecule is C[C@H](CCC(=O)NCCS(=O)(=O)O)[C@H]1CC[C@H]2C3[C@@H](O)CC4C/C(=C5\CC[C@@]6(C)C(C5)C[C@H](O)C5[C@@H]7CC[C@H]([C@H](C)CCC(=O)NCCS(=O)(=O)O)[C@@]7(C)CC[C@@H]56)CC[C@]4(C)[C@H]3CC[C@]12C. The van der Waals surface area contributed by atoms with Crippen molar-refractivity contribution in [2.24, 2.45) is 92.7 Å². The summed E-state index contributed by atoms with van der Waals surface area (Å²) < 4.78 is 62.3. The van der Waals surface area contributed by atoms with Crippen LogP contribution in [0, 0.1) is 92.7 Å². The quantitative estimate of drug-likeness (QED) is 0.0724. The summed E-state index contributed by atoms with van der Waals surface area (Å²) in [5, 5.41) is 29.7. The highest BCUT2D eigenvalue weighted by Crippen LogP contribution is 2.71. The molecular weight excluding hydrogens is 877 g/mol. The molecule has 66 heavy (non-hydrogen) atoms. The van der Waals surface area contributed by atoms with E-state index in [1.54, 1.807) is 11.1 Å². The predicted octanol–water partition coefficient (Wildman–Crippen LogP) is 8.38. The zero-order chi connectivity index (χ0) is 47.8. The normalized spacial score (nSPS) is 45.2. The van der Waals surface area contributed by atoms with Crippen LogP contribution in [-0.2, 0) is 29.8 Å². The number of fused-ring (bicyclic) bond motifs is 10. The number of allylic oxidation sites excluding steroid dienone is 2. The van der Waals surface area contributed by atoms with E-state index in [2.05, 4.69) is 52.2 Å². The molecule has 0 saturated heterocycles. The Morgan fingerprint density at radius 2 is 0.939 bits per heavy atom. The predicted molar refractivity (Wildman–Crippen MR) is 256 cm³/mol. The lowest BCUT2D eigenvalue weighted by atomic mass is 9.42. The first-order valence-electron chi connectivity index (χ1n) is 26.4. The van der Waals surface area contributed by atoms with Crippen LogP contribution in [0.2, 0.25) is 0 Å². The number of aliphatic hydroxyl groups excluding tert-OH is 2. The van der Waals surface area contributed by atoms with Crippen LogP contribution in [0.5, 0.6) is 0 Å². The summed E-state index contributed by atoms with van der Waals surface area (Å²) in [6, 6.07) is 0. The molecule has 0 bridgehead atoms. The van der Waals surface area contributed by atoms with Gasteiger partial charge in [-0.3, -0.25) is 18.7 Å². The van der Waals surface area contributed by atoms with Crippen LogP contribution in [0.4, 0.5) is 0 Å². The van der Waals surface area contributed by atoms with E-state index >= 15 is 0 Å². The Hall–Kier alpha value is -1.58. The Morgan fingerprint density at radius 3 is 1.30 bits per heavy atom. The minimum Gasteiger partial charge on any atom is -0.393 e. The Bertz CT molecular complexity index is 1940. The van der Waals surface area contributed by atoms with E-state index in [4.69, 9.17) is 9.11 Å². The van der Waals surface area contributed by atoms with E-state index in [1.165, 1.54) is 38.5 Å². The summed E-state index contributed by atoms with van der Waals surface area (Å²) in [7, 11) is -8.21. The van der Waals surface area contributed by atoms with Gasteiger partial charge in [-0.1, -0.05) is 52.7 Å². The summed E-state index contributed by atoms with van der Waals surface area (Å²) in [6.45, 7) is 14.5. The molecule has 18 atom stereocenters. The summed E-state index contributed by atoms with van der Waals surface area (Å²) in [5.74, 6) is 4.06. The Morgan fingerprint density at radius 1 is 0.576 bits per heavy atom. The first-order chi connectivity index (χ1) is 30.9. The zero-order valence-corrected chi connectivity index (χ0v) is 42.7. The fraction of sp³-hybridized carbons (Fsp3) is 0.923. The number of nitrogens with one attached hydrogen (secondary N) is 2. The third-order valence-corrected chi connectivity index (χ3v) is 23.6. The van der Waals surface area contributed by atoms with Crippen LogP contribution in [0.15, 0.2) is 11.1 Å². The molecule has 6 N–H and O–H groups in total. The number of hydrogen-bond donors (Lipinski definition) is 6. The average Bonchev–Trinajstić information content (AvgIpc) is 3.78. The second kappa shape index (κ2) is 18.9. The van der Waals surface area contributed by atoms with Crippen molar-refractivity contribution in [3.8, 4) is 0 Å². The van der Waals surface area contributed by atoms with Crippen molar-refractivity contribution >= 4 is 32.1 Å². The first-order valence-corrected chi connectivity index (χ1v) is 29.6. The van der Waals surface area contributed by atoms with Gasteiger partial charge in [-0.15, -0.1) is 0 Å². The summed E-state index contributed by atoms with van der Waals surface area (Å²) >= 11 is 0. The molecule has 0 aromatic rings. The monoisotopic (exact) mass is 963 g/mol. The van der Waals surface area contributed by atoms with Gasteiger partial charge in [-0.05, 0) is 208 Å². The molecule has 0 heterocycles. The van der Waals surface area contributed by atoms with Crippen molar-refractivity contribution in [2.75, 3.05) is 24.6 Å². The van der Waals surface area contributed by atoms with Crippen LogP contribution >= 0.6 is 0 Å². The molecule has 0 radical (unpaired) electrons. The van der Waals surface area contributed by atoms with E-state index in [0.717, 1.165) is 77.0 Å². The highest BCUT2D eigenvalue weighted by molar-refractivity contribution is 7.86. The van der Waals surface area contributed by atoms with Gasteiger partial charge in [0.05, 0.1) is 23.7 Å². The maximum Gasteiger partial charge on any atom is 0.266 e. The van der Waals surface area contributed by atoms with E-state index in [-0.39, 0.29) is 58.8 Å². The lowest BCUT2D eigenvalue weighted by Crippen LogP contribution is -2.58. The zero-order valence-electron chi connectivity index (χ0n) is 41.1. The largest absolute Gasteiger partial charge is 0.393 e. The van der Waals surface area contributed by atoms with Crippen LogP contribution in [0.25, 0.3) is 0 Å². The van der Waals surface area contributed by atoms with Gasteiger partial charge in [0.25, 0.3) is 20.2 Å². The number of carbonyl (C=O) groups excluding carboxylic acids is 2.